The quantitative estimate of drug-likeness (QED) is 0.444. The van der Waals surface area contributed by atoms with E-state index in [0.29, 0.717) is 12.1 Å². The molecule has 0 N–H and O–H groups in total. The molecule has 1 aliphatic rings. The van der Waals surface area contributed by atoms with Crippen LogP contribution in [-0.4, -0.2) is 36.1 Å². The largest absolute Gasteiger partial charge is 0.439 e. The molecule has 4 aromatic rings. The van der Waals surface area contributed by atoms with Crippen LogP contribution in [0.15, 0.2) is 89.3 Å². The van der Waals surface area contributed by atoms with Crippen molar-refractivity contribution in [2.24, 2.45) is 0 Å². The Labute approximate surface area is 188 Å². The van der Waals surface area contributed by atoms with E-state index in [2.05, 4.69) is 40.1 Å². The summed E-state index contributed by atoms with van der Waals surface area (Å²) in [4.78, 5) is 9.64. The summed E-state index contributed by atoms with van der Waals surface area (Å²) in [5, 5.41) is 9.00. The van der Waals surface area contributed by atoms with Crippen LogP contribution in [0.25, 0.3) is 22.6 Å². The van der Waals surface area contributed by atoms with Crippen LogP contribution in [0.4, 0.5) is 5.69 Å². The van der Waals surface area contributed by atoms with Crippen LogP contribution >= 0.6 is 0 Å². The van der Waals surface area contributed by atoms with Gasteiger partial charge in [-0.05, 0) is 24.3 Å². The van der Waals surface area contributed by atoms with Gasteiger partial charge in [-0.15, -0.1) is 0 Å². The van der Waals surface area contributed by atoms with Gasteiger partial charge >= 0.3 is 0 Å². The van der Waals surface area contributed by atoms with Crippen molar-refractivity contribution in [3.05, 3.63) is 96.4 Å². The van der Waals surface area contributed by atoms with E-state index in [1.165, 1.54) is 0 Å². The molecule has 0 bridgehead atoms. The first-order chi connectivity index (χ1) is 15.8. The van der Waals surface area contributed by atoms with Gasteiger partial charge in [0.15, 0.2) is 5.76 Å². The Kier molecular flexibility index (Phi) is 5.69. The lowest BCUT2D eigenvalue weighted by Crippen LogP contribution is -2.46. The van der Waals surface area contributed by atoms with Crippen molar-refractivity contribution in [2.75, 3.05) is 31.1 Å². The molecule has 5 rings (SSSR count). The summed E-state index contributed by atoms with van der Waals surface area (Å²) in [6.07, 6.45) is 0. The van der Waals surface area contributed by atoms with E-state index in [0.717, 1.165) is 60.3 Å². The van der Waals surface area contributed by atoms with E-state index in [1.54, 1.807) is 0 Å². The summed E-state index contributed by atoms with van der Waals surface area (Å²) in [5.41, 5.74) is 4.85. The molecule has 1 saturated heterocycles. The molecule has 2 heterocycles. The number of anilines is 1. The number of aromatic nitrogens is 1. The van der Waals surface area contributed by atoms with Gasteiger partial charge in [0.2, 0.25) is 5.89 Å². The number of oxazole rings is 1. The molecule has 5 heteroatoms. The number of hydrogen-bond donors (Lipinski definition) is 0. The lowest BCUT2D eigenvalue weighted by molar-refractivity contribution is 0.227. The fourth-order valence-electron chi connectivity index (χ4n) is 4.11. The Bertz CT molecular complexity index is 1150. The standard InChI is InChI=1S/C27H24N4O/c28-19-21-11-13-24(14-12-21)31-17-15-30(16-18-31)20-25-29-26(22-7-3-1-4-8-22)27(32-25)23-9-5-2-6-10-23/h1-14H,15-18,20H2. The summed E-state index contributed by atoms with van der Waals surface area (Å²) in [5.74, 6) is 1.57. The lowest BCUT2D eigenvalue weighted by atomic mass is 10.1. The second kappa shape index (κ2) is 9.09. The van der Waals surface area contributed by atoms with Crippen molar-refractivity contribution < 1.29 is 4.42 Å². The number of piperazine rings is 1. The van der Waals surface area contributed by atoms with Crippen LogP contribution in [0.2, 0.25) is 0 Å². The summed E-state index contributed by atoms with van der Waals surface area (Å²) in [6, 6.07) is 30.4. The Morgan fingerprint density at radius 3 is 2.03 bits per heavy atom. The average Bonchev–Trinajstić information content (AvgIpc) is 3.29. The van der Waals surface area contributed by atoms with Crippen LogP contribution in [0.1, 0.15) is 11.5 Å². The van der Waals surface area contributed by atoms with E-state index < -0.39 is 0 Å². The van der Waals surface area contributed by atoms with Gasteiger partial charge in [0.05, 0.1) is 18.2 Å². The smallest absolute Gasteiger partial charge is 0.209 e. The van der Waals surface area contributed by atoms with Gasteiger partial charge in [0.25, 0.3) is 0 Å². The molecule has 1 aliphatic heterocycles. The number of benzene rings is 3. The number of rotatable bonds is 5. The van der Waals surface area contributed by atoms with Crippen LogP contribution in [-0.2, 0) is 6.54 Å². The third-order valence-corrected chi connectivity index (χ3v) is 5.85. The van der Waals surface area contributed by atoms with E-state index >= 15 is 0 Å². The topological polar surface area (TPSA) is 56.3 Å². The molecule has 158 valence electrons. The highest BCUT2D eigenvalue weighted by atomic mass is 16.4. The van der Waals surface area contributed by atoms with E-state index in [1.807, 2.05) is 60.7 Å². The van der Waals surface area contributed by atoms with Crippen LogP contribution in [0.5, 0.6) is 0 Å². The summed E-state index contributed by atoms with van der Waals surface area (Å²) in [6.45, 7) is 4.43. The minimum absolute atomic E-state index is 0.688. The van der Waals surface area contributed by atoms with Crippen molar-refractivity contribution in [1.82, 2.24) is 9.88 Å². The van der Waals surface area contributed by atoms with E-state index in [4.69, 9.17) is 14.7 Å². The third-order valence-electron chi connectivity index (χ3n) is 5.85. The molecule has 5 nitrogen and oxygen atoms in total. The number of nitrogens with zero attached hydrogens (tertiary/aromatic N) is 4. The van der Waals surface area contributed by atoms with Gasteiger partial charge in [0.1, 0.15) is 5.69 Å². The molecule has 0 amide bonds. The predicted octanol–water partition coefficient (Wildman–Crippen LogP) is 5.20. The molecular formula is C27H24N4O. The van der Waals surface area contributed by atoms with Crippen LogP contribution in [0.3, 0.4) is 0 Å². The molecule has 0 spiro atoms. The van der Waals surface area contributed by atoms with Gasteiger partial charge in [0, 0.05) is 43.0 Å². The minimum Gasteiger partial charge on any atom is -0.439 e. The molecule has 1 aromatic heterocycles. The monoisotopic (exact) mass is 420 g/mol. The second-order valence-corrected chi connectivity index (χ2v) is 7.94. The first-order valence-corrected chi connectivity index (χ1v) is 10.9. The first-order valence-electron chi connectivity index (χ1n) is 10.9. The molecule has 0 radical (unpaired) electrons. The molecule has 1 fully saturated rings. The van der Waals surface area contributed by atoms with Gasteiger partial charge < -0.3 is 9.32 Å². The SMILES string of the molecule is N#Cc1ccc(N2CCN(Cc3nc(-c4ccccc4)c(-c4ccccc4)o3)CC2)cc1. The van der Waals surface area contributed by atoms with Crippen molar-refractivity contribution in [3.63, 3.8) is 0 Å². The molecule has 32 heavy (non-hydrogen) atoms. The maximum Gasteiger partial charge on any atom is 0.209 e. The summed E-state index contributed by atoms with van der Waals surface area (Å²) < 4.78 is 6.30. The molecule has 0 saturated carbocycles. The zero-order valence-electron chi connectivity index (χ0n) is 17.8. The second-order valence-electron chi connectivity index (χ2n) is 7.94. The maximum atomic E-state index is 9.00. The Hall–Kier alpha value is -3.88. The fourth-order valence-corrected chi connectivity index (χ4v) is 4.11. The Morgan fingerprint density at radius 2 is 1.41 bits per heavy atom. The van der Waals surface area contributed by atoms with Crippen LogP contribution < -0.4 is 4.90 Å². The van der Waals surface area contributed by atoms with Crippen LogP contribution in [0, 0.1) is 11.3 Å². The van der Waals surface area contributed by atoms with E-state index in [-0.39, 0.29) is 0 Å². The highest BCUT2D eigenvalue weighted by molar-refractivity contribution is 5.76. The Morgan fingerprint density at radius 1 is 0.781 bits per heavy atom. The van der Waals surface area contributed by atoms with Crippen molar-refractivity contribution >= 4 is 5.69 Å². The van der Waals surface area contributed by atoms with Gasteiger partial charge in [-0.25, -0.2) is 4.98 Å². The molecule has 0 aliphatic carbocycles. The highest BCUT2D eigenvalue weighted by Crippen LogP contribution is 2.33. The predicted molar refractivity (Wildman–Crippen MR) is 126 cm³/mol. The van der Waals surface area contributed by atoms with E-state index in [9.17, 15) is 0 Å². The lowest BCUT2D eigenvalue weighted by Gasteiger charge is -2.35. The average molecular weight is 421 g/mol. The van der Waals surface area contributed by atoms with Gasteiger partial charge in [-0.2, -0.15) is 5.26 Å². The Balaban J connectivity index is 1.32. The first kappa shape index (κ1) is 20.0. The fraction of sp³-hybridized carbons (Fsp3) is 0.185. The minimum atomic E-state index is 0.688. The number of hydrogen-bond acceptors (Lipinski definition) is 5. The van der Waals surface area contributed by atoms with Crippen molar-refractivity contribution in [2.45, 2.75) is 6.54 Å². The maximum absolute atomic E-state index is 9.00. The van der Waals surface area contributed by atoms with Gasteiger partial charge in [-0.3, -0.25) is 4.90 Å². The van der Waals surface area contributed by atoms with Crippen molar-refractivity contribution in [1.29, 1.82) is 5.26 Å². The summed E-state index contributed by atoms with van der Waals surface area (Å²) in [7, 11) is 0. The molecule has 3 aromatic carbocycles. The molecule has 0 atom stereocenters. The zero-order valence-corrected chi connectivity index (χ0v) is 17.8. The molecule has 0 unspecified atom stereocenters. The van der Waals surface area contributed by atoms with Crippen molar-refractivity contribution in [3.8, 4) is 28.7 Å². The highest BCUT2D eigenvalue weighted by Gasteiger charge is 2.22. The normalized spacial score (nSPS) is 14.3. The number of nitriles is 1. The molecular weight excluding hydrogens is 396 g/mol. The zero-order chi connectivity index (χ0) is 21.8. The van der Waals surface area contributed by atoms with Gasteiger partial charge in [-0.1, -0.05) is 60.7 Å². The third kappa shape index (κ3) is 4.27. The summed E-state index contributed by atoms with van der Waals surface area (Å²) >= 11 is 0.